The highest BCUT2D eigenvalue weighted by Gasteiger charge is 2.35. The zero-order chi connectivity index (χ0) is 20.7. The Kier molecular flexibility index (Phi) is 12.4. The van der Waals surface area contributed by atoms with Crippen LogP contribution in [0.2, 0.25) is 0 Å². The van der Waals surface area contributed by atoms with Crippen LogP contribution in [0.15, 0.2) is 24.3 Å². The number of ether oxygens (including phenoxy) is 1. The summed E-state index contributed by atoms with van der Waals surface area (Å²) >= 11 is 0. The molecule has 1 unspecified atom stereocenters. The van der Waals surface area contributed by atoms with Gasteiger partial charge in [-0.25, -0.2) is 4.79 Å². The molecular weight excluding hydrogens is 358 g/mol. The third-order valence-corrected chi connectivity index (χ3v) is 6.70. The summed E-state index contributed by atoms with van der Waals surface area (Å²) in [4.78, 5) is 14.1. The SMILES string of the molecule is CCCCCCCC[C@H]1C=CC(N2CCCC2)[C@@H]1CCCCC=CC(=O)OCC. The molecule has 1 fully saturated rings. The van der Waals surface area contributed by atoms with Gasteiger partial charge in [0, 0.05) is 12.1 Å². The topological polar surface area (TPSA) is 29.5 Å². The summed E-state index contributed by atoms with van der Waals surface area (Å²) < 4.78 is 4.94. The average Bonchev–Trinajstić information content (AvgIpc) is 3.37. The van der Waals surface area contributed by atoms with Gasteiger partial charge in [-0.1, -0.05) is 70.1 Å². The van der Waals surface area contributed by atoms with Crippen LogP contribution in [-0.4, -0.2) is 36.6 Å². The van der Waals surface area contributed by atoms with Crippen LogP contribution in [0.4, 0.5) is 0 Å². The minimum absolute atomic E-state index is 0.208. The van der Waals surface area contributed by atoms with Crippen molar-refractivity contribution in [2.45, 2.75) is 103 Å². The number of rotatable bonds is 15. The van der Waals surface area contributed by atoms with E-state index in [1.807, 2.05) is 13.0 Å². The summed E-state index contributed by atoms with van der Waals surface area (Å²) in [6.07, 6.45) is 25.9. The Hall–Kier alpha value is -1.09. The zero-order valence-electron chi connectivity index (χ0n) is 19.1. The van der Waals surface area contributed by atoms with E-state index in [1.165, 1.54) is 90.1 Å². The first kappa shape index (κ1) is 24.2. The van der Waals surface area contributed by atoms with Gasteiger partial charge in [-0.15, -0.1) is 0 Å². The first-order valence-corrected chi connectivity index (χ1v) is 12.5. The molecule has 1 heterocycles. The second kappa shape index (κ2) is 14.8. The lowest BCUT2D eigenvalue weighted by molar-refractivity contribution is -0.137. The van der Waals surface area contributed by atoms with E-state index in [2.05, 4.69) is 24.0 Å². The van der Waals surface area contributed by atoms with Crippen molar-refractivity contribution in [1.29, 1.82) is 0 Å². The van der Waals surface area contributed by atoms with Crippen LogP contribution in [0, 0.1) is 11.8 Å². The van der Waals surface area contributed by atoms with E-state index in [9.17, 15) is 4.79 Å². The number of carbonyl (C=O) groups is 1. The van der Waals surface area contributed by atoms with Gasteiger partial charge in [0.2, 0.25) is 0 Å². The van der Waals surface area contributed by atoms with Crippen LogP contribution >= 0.6 is 0 Å². The minimum atomic E-state index is -0.208. The van der Waals surface area contributed by atoms with Crippen molar-refractivity contribution in [3.63, 3.8) is 0 Å². The molecule has 0 aromatic heterocycles. The second-order valence-electron chi connectivity index (χ2n) is 8.94. The molecule has 0 bridgehead atoms. The number of allylic oxidation sites excluding steroid dienone is 2. The lowest BCUT2D eigenvalue weighted by Gasteiger charge is -2.32. The van der Waals surface area contributed by atoms with Gasteiger partial charge in [-0.3, -0.25) is 4.90 Å². The van der Waals surface area contributed by atoms with Crippen molar-refractivity contribution < 1.29 is 9.53 Å². The third kappa shape index (κ3) is 9.07. The van der Waals surface area contributed by atoms with Crippen LogP contribution in [-0.2, 0) is 9.53 Å². The normalized spacial score (nSPS) is 24.7. The molecular formula is C26H45NO2. The second-order valence-corrected chi connectivity index (χ2v) is 8.94. The summed E-state index contributed by atoms with van der Waals surface area (Å²) in [5.41, 5.74) is 0. The Balaban J connectivity index is 1.73. The molecule has 0 radical (unpaired) electrons. The number of hydrogen-bond acceptors (Lipinski definition) is 3. The van der Waals surface area contributed by atoms with Crippen LogP contribution < -0.4 is 0 Å². The number of nitrogens with zero attached hydrogens (tertiary/aromatic N) is 1. The molecule has 0 N–H and O–H groups in total. The fourth-order valence-electron chi connectivity index (χ4n) is 5.10. The van der Waals surface area contributed by atoms with Crippen LogP contribution in [0.25, 0.3) is 0 Å². The maximum absolute atomic E-state index is 11.4. The average molecular weight is 404 g/mol. The molecule has 2 aliphatic rings. The molecule has 0 aromatic rings. The summed E-state index contributed by atoms with van der Waals surface area (Å²) in [5.74, 6) is 1.38. The van der Waals surface area contributed by atoms with Gasteiger partial charge in [0.1, 0.15) is 0 Å². The molecule has 3 nitrogen and oxygen atoms in total. The van der Waals surface area contributed by atoms with Crippen molar-refractivity contribution in [3.8, 4) is 0 Å². The van der Waals surface area contributed by atoms with Gasteiger partial charge < -0.3 is 4.74 Å². The standard InChI is InChI=1S/C26H45NO2/c1-3-5-6-7-8-11-16-23-19-20-25(27-21-14-15-22-27)24(23)17-12-9-10-13-18-26(28)29-4-2/h13,18-20,23-25H,3-12,14-17,21-22H2,1-2H3/t23-,24+,25?/m0/s1. The van der Waals surface area contributed by atoms with Crippen molar-refractivity contribution in [1.82, 2.24) is 4.90 Å². The van der Waals surface area contributed by atoms with E-state index in [0.717, 1.165) is 18.3 Å². The van der Waals surface area contributed by atoms with Crippen LogP contribution in [0.1, 0.15) is 97.3 Å². The predicted molar refractivity (Wildman–Crippen MR) is 123 cm³/mol. The summed E-state index contributed by atoms with van der Waals surface area (Å²) in [7, 11) is 0. The third-order valence-electron chi connectivity index (χ3n) is 6.70. The Bertz CT molecular complexity index is 493. The zero-order valence-corrected chi connectivity index (χ0v) is 19.1. The molecule has 29 heavy (non-hydrogen) atoms. The van der Waals surface area contributed by atoms with Crippen molar-refractivity contribution in [2.75, 3.05) is 19.7 Å². The minimum Gasteiger partial charge on any atom is -0.463 e. The fraction of sp³-hybridized carbons (Fsp3) is 0.808. The Morgan fingerprint density at radius 3 is 2.45 bits per heavy atom. The number of carbonyl (C=O) groups excluding carboxylic acids is 1. The number of esters is 1. The molecule has 0 saturated carbocycles. The quantitative estimate of drug-likeness (QED) is 0.132. The van der Waals surface area contributed by atoms with Crippen molar-refractivity contribution >= 4 is 5.97 Å². The first-order chi connectivity index (χ1) is 14.3. The lowest BCUT2D eigenvalue weighted by Crippen LogP contribution is -2.37. The van der Waals surface area contributed by atoms with Crippen LogP contribution in [0.3, 0.4) is 0 Å². The lowest BCUT2D eigenvalue weighted by atomic mass is 9.83. The van der Waals surface area contributed by atoms with E-state index in [-0.39, 0.29) is 5.97 Å². The van der Waals surface area contributed by atoms with Gasteiger partial charge in [0.15, 0.2) is 0 Å². The maximum Gasteiger partial charge on any atom is 0.330 e. The number of hydrogen-bond donors (Lipinski definition) is 0. The Morgan fingerprint density at radius 1 is 0.966 bits per heavy atom. The van der Waals surface area contributed by atoms with E-state index in [4.69, 9.17) is 4.74 Å². The maximum atomic E-state index is 11.4. The molecule has 1 aliphatic carbocycles. The van der Waals surface area contributed by atoms with E-state index in [0.29, 0.717) is 12.6 Å². The van der Waals surface area contributed by atoms with E-state index < -0.39 is 0 Å². The molecule has 0 amide bonds. The highest BCUT2D eigenvalue weighted by atomic mass is 16.5. The molecule has 2 rings (SSSR count). The smallest absolute Gasteiger partial charge is 0.330 e. The molecule has 166 valence electrons. The van der Waals surface area contributed by atoms with E-state index in [1.54, 1.807) is 6.08 Å². The monoisotopic (exact) mass is 403 g/mol. The van der Waals surface area contributed by atoms with Gasteiger partial charge in [-0.05, 0) is 70.4 Å². The highest BCUT2D eigenvalue weighted by molar-refractivity contribution is 5.81. The van der Waals surface area contributed by atoms with Crippen molar-refractivity contribution in [2.24, 2.45) is 11.8 Å². The molecule has 3 heteroatoms. The highest BCUT2D eigenvalue weighted by Crippen LogP contribution is 2.37. The summed E-state index contributed by atoms with van der Waals surface area (Å²) in [6, 6.07) is 0.678. The van der Waals surface area contributed by atoms with Gasteiger partial charge in [0.05, 0.1) is 6.61 Å². The molecule has 3 atom stereocenters. The largest absolute Gasteiger partial charge is 0.463 e. The number of likely N-dealkylation sites (tertiary alicyclic amines) is 1. The molecule has 1 aliphatic heterocycles. The number of unbranched alkanes of at least 4 members (excludes halogenated alkanes) is 7. The Labute approximate surface area is 180 Å². The van der Waals surface area contributed by atoms with Gasteiger partial charge in [-0.2, -0.15) is 0 Å². The van der Waals surface area contributed by atoms with Crippen LogP contribution in [0.5, 0.6) is 0 Å². The predicted octanol–water partition coefficient (Wildman–Crippen LogP) is 6.68. The molecule has 0 aromatic carbocycles. The van der Waals surface area contributed by atoms with Gasteiger partial charge >= 0.3 is 5.97 Å². The summed E-state index contributed by atoms with van der Waals surface area (Å²) in [6.45, 7) is 7.17. The fourth-order valence-corrected chi connectivity index (χ4v) is 5.10. The first-order valence-electron chi connectivity index (χ1n) is 12.5. The Morgan fingerprint density at radius 2 is 1.69 bits per heavy atom. The van der Waals surface area contributed by atoms with E-state index >= 15 is 0 Å². The summed E-state index contributed by atoms with van der Waals surface area (Å²) in [5, 5.41) is 0. The van der Waals surface area contributed by atoms with Crippen molar-refractivity contribution in [3.05, 3.63) is 24.3 Å². The molecule has 1 saturated heterocycles. The molecule has 0 spiro atoms. The van der Waals surface area contributed by atoms with Gasteiger partial charge in [0.25, 0.3) is 0 Å².